The Balaban J connectivity index is 1.74. The summed E-state index contributed by atoms with van der Waals surface area (Å²) in [6.07, 6.45) is 0. The van der Waals surface area contributed by atoms with E-state index in [1.54, 1.807) is 0 Å². The van der Waals surface area contributed by atoms with Gasteiger partial charge < -0.3 is 0 Å². The molecule has 31 heavy (non-hydrogen) atoms. The number of benzene rings is 5. The first-order valence-electron chi connectivity index (χ1n) is 10.1. The van der Waals surface area contributed by atoms with Crippen LogP contribution in [0.4, 0.5) is 0 Å². The SMILES string of the molecule is Clc1c(C#Cc2ccccc2)c(C#Cc2ccccc2)cc2cc3ccccc3cc12. The summed E-state index contributed by atoms with van der Waals surface area (Å²) in [5.41, 5.74) is 3.50. The summed E-state index contributed by atoms with van der Waals surface area (Å²) in [7, 11) is 0. The summed E-state index contributed by atoms with van der Waals surface area (Å²) < 4.78 is 0. The van der Waals surface area contributed by atoms with Crippen LogP contribution >= 0.6 is 11.6 Å². The van der Waals surface area contributed by atoms with Crippen molar-refractivity contribution in [1.82, 2.24) is 0 Å². The summed E-state index contributed by atoms with van der Waals surface area (Å²) >= 11 is 6.92. The molecule has 0 aliphatic rings. The standard InChI is InChI=1S/C30H17Cl/c31-30-28(18-16-23-11-5-2-6-12-23)26(17-15-22-9-3-1-4-10-22)20-27-19-24-13-7-8-14-25(24)21-29(27)30/h1-14,19-21H. The van der Waals surface area contributed by atoms with E-state index in [1.807, 2.05) is 72.8 Å². The maximum Gasteiger partial charge on any atom is 0.0653 e. The molecule has 0 spiro atoms. The predicted molar refractivity (Wildman–Crippen MR) is 131 cm³/mol. The molecule has 0 aliphatic carbocycles. The molecule has 5 rings (SSSR count). The van der Waals surface area contributed by atoms with E-state index < -0.39 is 0 Å². The summed E-state index contributed by atoms with van der Waals surface area (Å²) in [6, 6.07) is 34.6. The second-order valence-electron chi connectivity index (χ2n) is 7.27. The first kappa shape index (κ1) is 19.0. The molecule has 0 amide bonds. The zero-order chi connectivity index (χ0) is 21.0. The maximum atomic E-state index is 6.92. The molecule has 0 heterocycles. The number of fused-ring (bicyclic) bond motifs is 2. The van der Waals surface area contributed by atoms with Gasteiger partial charge in [0.15, 0.2) is 0 Å². The third-order valence-corrected chi connectivity index (χ3v) is 5.56. The first-order chi connectivity index (χ1) is 15.3. The maximum absolute atomic E-state index is 6.92. The average molecular weight is 413 g/mol. The van der Waals surface area contributed by atoms with Gasteiger partial charge in [-0.3, -0.25) is 0 Å². The van der Waals surface area contributed by atoms with Gasteiger partial charge in [0.2, 0.25) is 0 Å². The lowest BCUT2D eigenvalue weighted by molar-refractivity contribution is 1.61. The van der Waals surface area contributed by atoms with E-state index in [9.17, 15) is 0 Å². The topological polar surface area (TPSA) is 0 Å². The van der Waals surface area contributed by atoms with Crippen molar-refractivity contribution in [3.63, 3.8) is 0 Å². The van der Waals surface area contributed by atoms with E-state index >= 15 is 0 Å². The molecule has 0 fully saturated rings. The van der Waals surface area contributed by atoms with E-state index in [4.69, 9.17) is 11.6 Å². The van der Waals surface area contributed by atoms with Gasteiger partial charge in [-0.1, -0.05) is 95.9 Å². The van der Waals surface area contributed by atoms with Crippen molar-refractivity contribution in [1.29, 1.82) is 0 Å². The normalized spacial score (nSPS) is 10.2. The van der Waals surface area contributed by atoms with E-state index in [0.29, 0.717) is 5.02 Å². The highest BCUT2D eigenvalue weighted by atomic mass is 35.5. The molecule has 0 atom stereocenters. The molecule has 144 valence electrons. The zero-order valence-electron chi connectivity index (χ0n) is 16.7. The average Bonchev–Trinajstić information content (AvgIpc) is 2.82. The molecule has 0 bridgehead atoms. The van der Waals surface area contributed by atoms with E-state index in [0.717, 1.165) is 38.4 Å². The van der Waals surface area contributed by atoms with Crippen LogP contribution < -0.4 is 0 Å². The van der Waals surface area contributed by atoms with Gasteiger partial charge >= 0.3 is 0 Å². The van der Waals surface area contributed by atoms with E-state index in [1.165, 1.54) is 5.39 Å². The lowest BCUT2D eigenvalue weighted by atomic mass is 9.97. The Labute approximate surface area is 187 Å². The molecule has 1 heteroatoms. The molecule has 0 aliphatic heterocycles. The van der Waals surface area contributed by atoms with Crippen molar-refractivity contribution < 1.29 is 0 Å². The van der Waals surface area contributed by atoms with Crippen LogP contribution in [0.1, 0.15) is 22.3 Å². The van der Waals surface area contributed by atoms with Gasteiger partial charge in [-0.15, -0.1) is 0 Å². The number of hydrogen-bond acceptors (Lipinski definition) is 0. The third-order valence-electron chi connectivity index (χ3n) is 5.16. The van der Waals surface area contributed by atoms with E-state index in [2.05, 4.69) is 54.0 Å². The van der Waals surface area contributed by atoms with Crippen LogP contribution in [0, 0.1) is 23.7 Å². The minimum atomic E-state index is 0.643. The van der Waals surface area contributed by atoms with Crippen LogP contribution in [-0.4, -0.2) is 0 Å². The molecular formula is C30H17Cl. The minimum absolute atomic E-state index is 0.643. The third kappa shape index (κ3) is 4.04. The highest BCUT2D eigenvalue weighted by Gasteiger charge is 2.11. The van der Waals surface area contributed by atoms with Gasteiger partial charge in [-0.2, -0.15) is 0 Å². The van der Waals surface area contributed by atoms with Crippen LogP contribution in [0.5, 0.6) is 0 Å². The molecule has 0 saturated heterocycles. The van der Waals surface area contributed by atoms with Gasteiger partial charge in [-0.25, -0.2) is 0 Å². The van der Waals surface area contributed by atoms with Crippen LogP contribution in [-0.2, 0) is 0 Å². The molecule has 0 radical (unpaired) electrons. The monoisotopic (exact) mass is 412 g/mol. The quantitative estimate of drug-likeness (QED) is 0.183. The van der Waals surface area contributed by atoms with Gasteiger partial charge in [0.1, 0.15) is 0 Å². The summed E-state index contributed by atoms with van der Waals surface area (Å²) in [5, 5.41) is 5.02. The van der Waals surface area contributed by atoms with Crippen molar-refractivity contribution in [2.75, 3.05) is 0 Å². The lowest BCUT2D eigenvalue weighted by Gasteiger charge is -2.08. The Morgan fingerprint density at radius 3 is 1.68 bits per heavy atom. The number of rotatable bonds is 0. The lowest BCUT2D eigenvalue weighted by Crippen LogP contribution is -1.90. The second kappa shape index (κ2) is 8.41. The molecule has 0 unspecified atom stereocenters. The highest BCUT2D eigenvalue weighted by Crippen LogP contribution is 2.33. The van der Waals surface area contributed by atoms with Crippen molar-refractivity contribution in [3.8, 4) is 23.7 Å². The molecule has 0 saturated carbocycles. The summed E-state index contributed by atoms with van der Waals surface area (Å²) in [4.78, 5) is 0. The molecule has 0 N–H and O–H groups in total. The second-order valence-corrected chi connectivity index (χ2v) is 7.64. The van der Waals surface area contributed by atoms with Crippen LogP contribution in [0.15, 0.2) is 103 Å². The van der Waals surface area contributed by atoms with Crippen LogP contribution in [0.3, 0.4) is 0 Å². The molecule has 0 aromatic heterocycles. The Hall–Kier alpha value is -3.97. The fraction of sp³-hybridized carbons (Fsp3) is 0. The Kier molecular flexibility index (Phi) is 5.16. The number of hydrogen-bond donors (Lipinski definition) is 0. The fourth-order valence-electron chi connectivity index (χ4n) is 3.59. The van der Waals surface area contributed by atoms with Crippen LogP contribution in [0.25, 0.3) is 21.5 Å². The molecule has 0 nitrogen and oxygen atoms in total. The fourth-order valence-corrected chi connectivity index (χ4v) is 3.90. The summed E-state index contributed by atoms with van der Waals surface area (Å²) in [5.74, 6) is 13.1. The van der Waals surface area contributed by atoms with Gasteiger partial charge in [0, 0.05) is 22.1 Å². The molecule has 5 aromatic rings. The summed E-state index contributed by atoms with van der Waals surface area (Å²) in [6.45, 7) is 0. The van der Waals surface area contributed by atoms with Gasteiger partial charge in [-0.05, 0) is 58.6 Å². The molecule has 5 aromatic carbocycles. The number of halogens is 1. The van der Waals surface area contributed by atoms with E-state index in [-0.39, 0.29) is 0 Å². The van der Waals surface area contributed by atoms with Crippen molar-refractivity contribution in [2.24, 2.45) is 0 Å². The Morgan fingerprint density at radius 2 is 1.03 bits per heavy atom. The first-order valence-corrected chi connectivity index (χ1v) is 10.4. The largest absolute Gasteiger partial charge is 0.0822 e. The van der Waals surface area contributed by atoms with Crippen molar-refractivity contribution in [2.45, 2.75) is 0 Å². The van der Waals surface area contributed by atoms with Gasteiger partial charge in [0.05, 0.1) is 10.6 Å². The smallest absolute Gasteiger partial charge is 0.0653 e. The zero-order valence-corrected chi connectivity index (χ0v) is 17.4. The van der Waals surface area contributed by atoms with Crippen LogP contribution in [0.2, 0.25) is 5.02 Å². The Morgan fingerprint density at radius 1 is 0.484 bits per heavy atom. The van der Waals surface area contributed by atoms with Crippen molar-refractivity contribution >= 4 is 33.1 Å². The van der Waals surface area contributed by atoms with Crippen molar-refractivity contribution in [3.05, 3.63) is 130 Å². The van der Waals surface area contributed by atoms with Gasteiger partial charge in [0.25, 0.3) is 0 Å². The highest BCUT2D eigenvalue weighted by molar-refractivity contribution is 6.37. The minimum Gasteiger partial charge on any atom is -0.0822 e. The molecular weight excluding hydrogens is 396 g/mol. The Bertz CT molecular complexity index is 1520. The predicted octanol–water partition coefficient (Wildman–Crippen LogP) is 7.45.